The molecule has 0 spiro atoms. The molecule has 0 aliphatic carbocycles. The van der Waals surface area contributed by atoms with E-state index in [2.05, 4.69) is 4.98 Å². The number of aryl methyl sites for hydroxylation is 1. The summed E-state index contributed by atoms with van der Waals surface area (Å²) in [6, 6.07) is 3.86. The monoisotopic (exact) mass is 262 g/mol. The third-order valence-electron chi connectivity index (χ3n) is 4.25. The molecule has 0 radical (unpaired) electrons. The van der Waals surface area contributed by atoms with Gasteiger partial charge in [0.15, 0.2) is 0 Å². The number of rotatable bonds is 3. The van der Waals surface area contributed by atoms with Crippen molar-refractivity contribution in [2.75, 3.05) is 13.1 Å². The van der Waals surface area contributed by atoms with Gasteiger partial charge < -0.3 is 10.0 Å². The maximum Gasteiger partial charge on any atom is 0.223 e. The van der Waals surface area contributed by atoms with Crippen LogP contribution in [0.4, 0.5) is 0 Å². The van der Waals surface area contributed by atoms with Gasteiger partial charge in [0.05, 0.1) is 5.60 Å². The summed E-state index contributed by atoms with van der Waals surface area (Å²) >= 11 is 0. The normalized spacial score (nSPS) is 25.6. The molecule has 0 saturated carbocycles. The molecular formula is C15H22N2O2. The molecule has 19 heavy (non-hydrogen) atoms. The first-order valence-corrected chi connectivity index (χ1v) is 6.71. The molecule has 1 aliphatic rings. The number of nitrogens with zero attached hydrogens (tertiary/aromatic N) is 2. The maximum absolute atomic E-state index is 12.2. The standard InChI is InChI=1S/C15H22N2O2/c1-14(2)10-17(11-15(14,3)19)13(18)7-6-12-5-4-8-16-9-12/h4-5,8-9,19H,6-7,10-11H2,1-3H3/t15-/m1/s1. The largest absolute Gasteiger partial charge is 0.388 e. The van der Waals surface area contributed by atoms with Gasteiger partial charge in [0.1, 0.15) is 0 Å². The predicted octanol–water partition coefficient (Wildman–Crippen LogP) is 1.63. The summed E-state index contributed by atoms with van der Waals surface area (Å²) < 4.78 is 0. The lowest BCUT2D eigenvalue weighted by Crippen LogP contribution is -2.40. The Hall–Kier alpha value is -1.42. The number of aromatic nitrogens is 1. The number of carbonyl (C=O) groups excluding carboxylic acids is 1. The number of carbonyl (C=O) groups is 1. The van der Waals surface area contributed by atoms with Gasteiger partial charge in [0, 0.05) is 37.3 Å². The zero-order chi connectivity index (χ0) is 14.1. The van der Waals surface area contributed by atoms with Crippen molar-refractivity contribution in [2.24, 2.45) is 5.41 Å². The fourth-order valence-corrected chi connectivity index (χ4v) is 2.42. The molecule has 1 amide bonds. The quantitative estimate of drug-likeness (QED) is 0.901. The van der Waals surface area contributed by atoms with Crippen LogP contribution in [-0.4, -0.2) is 39.6 Å². The number of likely N-dealkylation sites (tertiary alicyclic amines) is 1. The van der Waals surface area contributed by atoms with Crippen LogP contribution in [0.3, 0.4) is 0 Å². The van der Waals surface area contributed by atoms with Gasteiger partial charge in [-0.15, -0.1) is 0 Å². The lowest BCUT2D eigenvalue weighted by molar-refractivity contribution is -0.131. The highest BCUT2D eigenvalue weighted by molar-refractivity contribution is 5.77. The Morgan fingerprint density at radius 2 is 2.16 bits per heavy atom. The second-order valence-electron chi connectivity index (χ2n) is 6.27. The highest BCUT2D eigenvalue weighted by atomic mass is 16.3. The minimum absolute atomic E-state index is 0.106. The van der Waals surface area contributed by atoms with E-state index in [1.165, 1.54) is 0 Å². The molecule has 1 atom stereocenters. The van der Waals surface area contributed by atoms with Crippen molar-refractivity contribution in [3.8, 4) is 0 Å². The van der Waals surface area contributed by atoms with Crippen LogP contribution in [0, 0.1) is 5.41 Å². The second-order valence-corrected chi connectivity index (χ2v) is 6.27. The first kappa shape index (κ1) is 14.0. The third-order valence-corrected chi connectivity index (χ3v) is 4.25. The molecule has 2 rings (SSSR count). The smallest absolute Gasteiger partial charge is 0.223 e. The van der Waals surface area contributed by atoms with Gasteiger partial charge in [-0.25, -0.2) is 0 Å². The zero-order valence-electron chi connectivity index (χ0n) is 11.9. The van der Waals surface area contributed by atoms with E-state index in [4.69, 9.17) is 0 Å². The minimum Gasteiger partial charge on any atom is -0.388 e. The van der Waals surface area contributed by atoms with Crippen molar-refractivity contribution >= 4 is 5.91 Å². The zero-order valence-corrected chi connectivity index (χ0v) is 11.9. The number of pyridine rings is 1. The molecule has 4 nitrogen and oxygen atoms in total. The molecule has 0 bridgehead atoms. The Kier molecular flexibility index (Phi) is 3.63. The molecule has 1 aliphatic heterocycles. The molecular weight excluding hydrogens is 240 g/mol. The second kappa shape index (κ2) is 4.93. The fraction of sp³-hybridized carbons (Fsp3) is 0.600. The summed E-state index contributed by atoms with van der Waals surface area (Å²) in [6.45, 7) is 6.85. The van der Waals surface area contributed by atoms with E-state index >= 15 is 0 Å². The number of amides is 1. The van der Waals surface area contributed by atoms with Gasteiger partial charge in [-0.1, -0.05) is 19.9 Å². The summed E-state index contributed by atoms with van der Waals surface area (Å²) in [7, 11) is 0. The van der Waals surface area contributed by atoms with Crippen molar-refractivity contribution in [1.29, 1.82) is 0 Å². The van der Waals surface area contributed by atoms with E-state index < -0.39 is 5.60 Å². The van der Waals surface area contributed by atoms with E-state index in [1.54, 1.807) is 24.2 Å². The van der Waals surface area contributed by atoms with Gasteiger partial charge in [0.25, 0.3) is 0 Å². The lowest BCUT2D eigenvalue weighted by Gasteiger charge is -2.30. The first-order valence-electron chi connectivity index (χ1n) is 6.71. The van der Waals surface area contributed by atoms with Gasteiger partial charge in [-0.05, 0) is 25.0 Å². The topological polar surface area (TPSA) is 53.4 Å². The van der Waals surface area contributed by atoms with E-state index in [9.17, 15) is 9.90 Å². The maximum atomic E-state index is 12.2. The van der Waals surface area contributed by atoms with Crippen LogP contribution in [0.1, 0.15) is 32.8 Å². The molecule has 1 saturated heterocycles. The first-order chi connectivity index (χ1) is 8.82. The van der Waals surface area contributed by atoms with Crippen LogP contribution in [-0.2, 0) is 11.2 Å². The lowest BCUT2D eigenvalue weighted by atomic mass is 9.79. The Labute approximate surface area is 114 Å². The van der Waals surface area contributed by atoms with Gasteiger partial charge in [-0.2, -0.15) is 0 Å². The average Bonchev–Trinajstić information content (AvgIpc) is 2.57. The summed E-state index contributed by atoms with van der Waals surface area (Å²) in [6.07, 6.45) is 4.69. The predicted molar refractivity (Wildman–Crippen MR) is 73.5 cm³/mol. The number of β-amino-alcohol motifs (C(OH)–C–C–N with tert-alkyl or cyclic N) is 1. The Morgan fingerprint density at radius 3 is 2.68 bits per heavy atom. The molecule has 104 valence electrons. The van der Waals surface area contributed by atoms with E-state index in [0.717, 1.165) is 5.56 Å². The highest BCUT2D eigenvalue weighted by Gasteiger charge is 2.48. The third kappa shape index (κ3) is 2.95. The Morgan fingerprint density at radius 1 is 1.42 bits per heavy atom. The molecule has 0 unspecified atom stereocenters. The van der Waals surface area contributed by atoms with E-state index in [0.29, 0.717) is 25.9 Å². The number of hydrogen-bond acceptors (Lipinski definition) is 3. The van der Waals surface area contributed by atoms with Crippen LogP contribution >= 0.6 is 0 Å². The average molecular weight is 262 g/mol. The molecule has 0 aromatic carbocycles. The summed E-state index contributed by atoms with van der Waals surface area (Å²) in [4.78, 5) is 18.0. The fourth-order valence-electron chi connectivity index (χ4n) is 2.42. The number of hydrogen-bond donors (Lipinski definition) is 1. The van der Waals surface area contributed by atoms with Crippen LogP contribution in [0.15, 0.2) is 24.5 Å². The van der Waals surface area contributed by atoms with Gasteiger partial charge in [-0.3, -0.25) is 9.78 Å². The van der Waals surface area contributed by atoms with Crippen molar-refractivity contribution < 1.29 is 9.90 Å². The van der Waals surface area contributed by atoms with Crippen LogP contribution in [0.5, 0.6) is 0 Å². The van der Waals surface area contributed by atoms with Gasteiger partial charge in [0.2, 0.25) is 5.91 Å². The van der Waals surface area contributed by atoms with Crippen LogP contribution < -0.4 is 0 Å². The van der Waals surface area contributed by atoms with Crippen molar-refractivity contribution in [3.63, 3.8) is 0 Å². The Balaban J connectivity index is 1.92. The van der Waals surface area contributed by atoms with Crippen LogP contribution in [0.2, 0.25) is 0 Å². The molecule has 1 aromatic heterocycles. The van der Waals surface area contributed by atoms with Crippen molar-refractivity contribution in [3.05, 3.63) is 30.1 Å². The van der Waals surface area contributed by atoms with E-state index in [1.807, 2.05) is 26.0 Å². The van der Waals surface area contributed by atoms with Gasteiger partial charge >= 0.3 is 0 Å². The van der Waals surface area contributed by atoms with E-state index in [-0.39, 0.29) is 11.3 Å². The molecule has 2 heterocycles. The minimum atomic E-state index is -0.809. The highest BCUT2D eigenvalue weighted by Crippen LogP contribution is 2.38. The molecule has 1 N–H and O–H groups in total. The Bertz CT molecular complexity index is 438. The molecule has 1 aromatic rings. The van der Waals surface area contributed by atoms with Crippen molar-refractivity contribution in [1.82, 2.24) is 9.88 Å². The summed E-state index contributed by atoms with van der Waals surface area (Å²) in [5, 5.41) is 10.3. The molecule has 4 heteroatoms. The van der Waals surface area contributed by atoms with Crippen LogP contribution in [0.25, 0.3) is 0 Å². The van der Waals surface area contributed by atoms with Crippen molar-refractivity contribution in [2.45, 2.75) is 39.2 Å². The molecule has 1 fully saturated rings. The summed E-state index contributed by atoms with van der Waals surface area (Å²) in [5.41, 5.74) is 0.00885. The summed E-state index contributed by atoms with van der Waals surface area (Å²) in [5.74, 6) is 0.106. The number of aliphatic hydroxyl groups is 1. The SMILES string of the molecule is CC1(C)CN(C(=O)CCc2cccnc2)C[C@@]1(C)O.